The standard InChI is InChI=1S/C11H20/c1-9(2)10(3,4)11(5)7-6-8-11/h1,6-8H2,2-5H3. The Morgan fingerprint density at radius 2 is 1.82 bits per heavy atom. The zero-order chi connectivity index (χ0) is 8.70. The van der Waals surface area contributed by atoms with E-state index in [4.69, 9.17) is 0 Å². The van der Waals surface area contributed by atoms with E-state index in [-0.39, 0.29) is 0 Å². The predicted octanol–water partition coefficient (Wildman–Crippen LogP) is 3.78. The van der Waals surface area contributed by atoms with Crippen LogP contribution in [0.5, 0.6) is 0 Å². The van der Waals surface area contributed by atoms with Crippen LogP contribution < -0.4 is 0 Å². The fraction of sp³-hybridized carbons (Fsp3) is 0.818. The average molecular weight is 152 g/mol. The molecule has 0 N–H and O–H groups in total. The molecule has 1 rings (SSSR count). The van der Waals surface area contributed by atoms with E-state index in [1.807, 2.05) is 0 Å². The van der Waals surface area contributed by atoms with Crippen LogP contribution >= 0.6 is 0 Å². The Labute approximate surface area is 70.7 Å². The lowest BCUT2D eigenvalue weighted by Crippen LogP contribution is -2.41. The first-order valence-electron chi connectivity index (χ1n) is 4.56. The topological polar surface area (TPSA) is 0 Å². The maximum absolute atomic E-state index is 4.07. The highest BCUT2D eigenvalue weighted by Crippen LogP contribution is 2.56. The van der Waals surface area contributed by atoms with Crippen LogP contribution in [-0.2, 0) is 0 Å². The van der Waals surface area contributed by atoms with Crippen molar-refractivity contribution in [2.45, 2.75) is 47.0 Å². The van der Waals surface area contributed by atoms with Crippen LogP contribution in [0.4, 0.5) is 0 Å². The zero-order valence-electron chi connectivity index (χ0n) is 8.33. The van der Waals surface area contributed by atoms with Crippen molar-refractivity contribution in [2.75, 3.05) is 0 Å². The summed E-state index contributed by atoms with van der Waals surface area (Å²) in [5.74, 6) is 0. The largest absolute Gasteiger partial charge is 0.0996 e. The van der Waals surface area contributed by atoms with Gasteiger partial charge >= 0.3 is 0 Å². The van der Waals surface area contributed by atoms with Crippen LogP contribution in [0.15, 0.2) is 12.2 Å². The van der Waals surface area contributed by atoms with E-state index in [0.29, 0.717) is 10.8 Å². The molecule has 0 radical (unpaired) electrons. The van der Waals surface area contributed by atoms with Crippen molar-refractivity contribution < 1.29 is 0 Å². The quantitative estimate of drug-likeness (QED) is 0.528. The lowest BCUT2D eigenvalue weighted by atomic mass is 9.53. The number of allylic oxidation sites excluding steroid dienone is 1. The van der Waals surface area contributed by atoms with Gasteiger partial charge in [-0.25, -0.2) is 0 Å². The Balaban J connectivity index is 2.78. The summed E-state index contributed by atoms with van der Waals surface area (Å²) in [6, 6.07) is 0. The van der Waals surface area contributed by atoms with Gasteiger partial charge in [-0.2, -0.15) is 0 Å². The van der Waals surface area contributed by atoms with Crippen molar-refractivity contribution in [2.24, 2.45) is 10.8 Å². The van der Waals surface area contributed by atoms with Crippen molar-refractivity contribution in [1.29, 1.82) is 0 Å². The summed E-state index contributed by atoms with van der Waals surface area (Å²) in [6.45, 7) is 13.3. The molecule has 0 aliphatic heterocycles. The molecule has 0 nitrogen and oxygen atoms in total. The molecule has 1 saturated carbocycles. The molecule has 0 aromatic carbocycles. The van der Waals surface area contributed by atoms with Gasteiger partial charge in [-0.3, -0.25) is 0 Å². The molecule has 64 valence electrons. The summed E-state index contributed by atoms with van der Waals surface area (Å²) in [5.41, 5.74) is 2.21. The summed E-state index contributed by atoms with van der Waals surface area (Å²) < 4.78 is 0. The van der Waals surface area contributed by atoms with E-state index in [0.717, 1.165) is 0 Å². The summed E-state index contributed by atoms with van der Waals surface area (Å²) in [7, 11) is 0. The maximum Gasteiger partial charge on any atom is -0.00964 e. The van der Waals surface area contributed by atoms with Gasteiger partial charge in [-0.1, -0.05) is 39.3 Å². The SMILES string of the molecule is C=C(C)C(C)(C)C1(C)CCC1. The first-order valence-corrected chi connectivity index (χ1v) is 4.56. The summed E-state index contributed by atoms with van der Waals surface area (Å²) in [5, 5.41) is 0. The Morgan fingerprint density at radius 3 is 1.91 bits per heavy atom. The molecular weight excluding hydrogens is 132 g/mol. The molecule has 11 heavy (non-hydrogen) atoms. The first-order chi connectivity index (χ1) is 4.90. The molecule has 0 heteroatoms. The van der Waals surface area contributed by atoms with Crippen molar-refractivity contribution in [3.63, 3.8) is 0 Å². The smallest absolute Gasteiger partial charge is 0.00964 e. The highest BCUT2D eigenvalue weighted by atomic mass is 14.5. The summed E-state index contributed by atoms with van der Waals surface area (Å²) in [4.78, 5) is 0. The third-order valence-electron chi connectivity index (χ3n) is 4.03. The fourth-order valence-corrected chi connectivity index (χ4v) is 1.85. The molecule has 1 aliphatic rings. The van der Waals surface area contributed by atoms with Gasteiger partial charge in [0.25, 0.3) is 0 Å². The second-order valence-electron chi connectivity index (χ2n) is 4.82. The molecule has 0 aromatic rings. The van der Waals surface area contributed by atoms with Crippen molar-refractivity contribution in [3.8, 4) is 0 Å². The summed E-state index contributed by atoms with van der Waals surface area (Å²) >= 11 is 0. The zero-order valence-corrected chi connectivity index (χ0v) is 8.33. The van der Waals surface area contributed by atoms with E-state index in [1.54, 1.807) is 0 Å². The Bertz CT molecular complexity index is 170. The number of hydrogen-bond donors (Lipinski definition) is 0. The number of hydrogen-bond acceptors (Lipinski definition) is 0. The van der Waals surface area contributed by atoms with Crippen molar-refractivity contribution in [1.82, 2.24) is 0 Å². The van der Waals surface area contributed by atoms with Crippen LogP contribution in [0.25, 0.3) is 0 Å². The van der Waals surface area contributed by atoms with E-state index in [9.17, 15) is 0 Å². The van der Waals surface area contributed by atoms with Gasteiger partial charge in [0, 0.05) is 0 Å². The van der Waals surface area contributed by atoms with E-state index < -0.39 is 0 Å². The highest BCUT2D eigenvalue weighted by molar-refractivity contribution is 5.12. The van der Waals surface area contributed by atoms with Crippen molar-refractivity contribution in [3.05, 3.63) is 12.2 Å². The fourth-order valence-electron chi connectivity index (χ4n) is 1.85. The Morgan fingerprint density at radius 1 is 1.36 bits per heavy atom. The van der Waals surface area contributed by atoms with Gasteiger partial charge < -0.3 is 0 Å². The molecule has 0 bridgehead atoms. The minimum Gasteiger partial charge on any atom is -0.0996 e. The molecule has 1 fully saturated rings. The van der Waals surface area contributed by atoms with E-state index >= 15 is 0 Å². The highest BCUT2D eigenvalue weighted by Gasteiger charge is 2.45. The lowest BCUT2D eigenvalue weighted by molar-refractivity contribution is 0.0312. The minimum atomic E-state index is 0.339. The van der Waals surface area contributed by atoms with Crippen LogP contribution in [0, 0.1) is 10.8 Å². The van der Waals surface area contributed by atoms with Gasteiger partial charge in [-0.05, 0) is 30.6 Å². The van der Waals surface area contributed by atoms with Gasteiger partial charge in [0.15, 0.2) is 0 Å². The van der Waals surface area contributed by atoms with Gasteiger partial charge in [0.1, 0.15) is 0 Å². The second kappa shape index (κ2) is 2.36. The molecule has 0 atom stereocenters. The second-order valence-corrected chi connectivity index (χ2v) is 4.82. The molecule has 0 spiro atoms. The molecule has 1 aliphatic carbocycles. The molecular formula is C11H20. The van der Waals surface area contributed by atoms with Crippen LogP contribution in [0.3, 0.4) is 0 Å². The third-order valence-corrected chi connectivity index (χ3v) is 4.03. The Kier molecular flexibility index (Phi) is 1.90. The van der Waals surface area contributed by atoms with Gasteiger partial charge in [-0.15, -0.1) is 0 Å². The van der Waals surface area contributed by atoms with Gasteiger partial charge in [0.2, 0.25) is 0 Å². The van der Waals surface area contributed by atoms with Crippen LogP contribution in [0.2, 0.25) is 0 Å². The first kappa shape index (κ1) is 8.83. The molecule has 0 heterocycles. The van der Waals surface area contributed by atoms with Crippen LogP contribution in [-0.4, -0.2) is 0 Å². The molecule has 0 amide bonds. The average Bonchev–Trinajstić information content (AvgIpc) is 1.82. The van der Waals surface area contributed by atoms with Gasteiger partial charge in [0.05, 0.1) is 0 Å². The monoisotopic (exact) mass is 152 g/mol. The van der Waals surface area contributed by atoms with E-state index in [2.05, 4.69) is 34.3 Å². The predicted molar refractivity (Wildman–Crippen MR) is 50.6 cm³/mol. The molecule has 0 unspecified atom stereocenters. The van der Waals surface area contributed by atoms with Crippen LogP contribution in [0.1, 0.15) is 47.0 Å². The molecule has 0 saturated heterocycles. The molecule has 0 aromatic heterocycles. The minimum absolute atomic E-state index is 0.339. The third kappa shape index (κ3) is 1.13. The summed E-state index contributed by atoms with van der Waals surface area (Å²) in [6.07, 6.45) is 4.17. The number of rotatable bonds is 2. The van der Waals surface area contributed by atoms with Crippen molar-refractivity contribution >= 4 is 0 Å². The lowest BCUT2D eigenvalue weighted by Gasteiger charge is -2.51. The van der Waals surface area contributed by atoms with E-state index in [1.165, 1.54) is 24.8 Å². The maximum atomic E-state index is 4.07. The Hall–Kier alpha value is -0.260. The normalized spacial score (nSPS) is 22.5.